The van der Waals surface area contributed by atoms with E-state index in [9.17, 15) is 14.4 Å². The normalized spacial score (nSPS) is 11.0. The fraction of sp³-hybridized carbons (Fsp3) is 0.250. The van der Waals surface area contributed by atoms with E-state index >= 15 is 0 Å². The molecule has 0 bridgehead atoms. The number of hydrogen-bond acceptors (Lipinski definition) is 7. The number of carbonyl (C=O) groups excluding carboxylic acids is 1. The number of aryl methyl sites for hydroxylation is 1. The fourth-order valence-electron chi connectivity index (χ4n) is 3.39. The molecule has 10 heteroatoms. The monoisotopic (exact) mass is 466 g/mol. The third kappa shape index (κ3) is 4.70. The largest absolute Gasteiger partial charge is 0.493 e. The molecule has 3 aromatic rings. The number of esters is 1. The number of benzene rings is 1. The number of hydrogen-bond donors (Lipinski definition) is 0. The van der Waals surface area contributed by atoms with E-state index in [4.69, 9.17) is 9.47 Å². The predicted octanol–water partition coefficient (Wildman–Crippen LogP) is 2.00. The highest BCUT2D eigenvalue weighted by atomic mass is 16.6. The molecule has 10 nitrogen and oxygen atoms in total. The van der Waals surface area contributed by atoms with Gasteiger partial charge in [0, 0.05) is 20.1 Å². The zero-order valence-corrected chi connectivity index (χ0v) is 19.3. The molecule has 0 atom stereocenters. The first-order valence-electron chi connectivity index (χ1n) is 10.3. The van der Waals surface area contributed by atoms with E-state index in [0.717, 1.165) is 10.1 Å². The lowest BCUT2D eigenvalue weighted by Gasteiger charge is -2.10. The number of carbonyl (C=O) groups is 1. The third-order valence-corrected chi connectivity index (χ3v) is 5.09. The van der Waals surface area contributed by atoms with Crippen LogP contribution in [0.15, 0.2) is 53.1 Å². The SMILES string of the molecule is C=CCn1c(=O)c2c(nc(/C=C/c3ccc(OCC(=O)OC)c(OC)c3)n2C)n(CC=C)c1=O. The van der Waals surface area contributed by atoms with Crippen LogP contribution in [0.5, 0.6) is 11.5 Å². The van der Waals surface area contributed by atoms with Crippen molar-refractivity contribution in [3.63, 3.8) is 0 Å². The van der Waals surface area contributed by atoms with Gasteiger partial charge in [0.1, 0.15) is 5.82 Å². The van der Waals surface area contributed by atoms with Gasteiger partial charge in [-0.15, -0.1) is 13.2 Å². The molecule has 0 N–H and O–H groups in total. The van der Waals surface area contributed by atoms with Crippen LogP contribution < -0.4 is 20.7 Å². The van der Waals surface area contributed by atoms with Gasteiger partial charge < -0.3 is 18.8 Å². The molecule has 0 saturated heterocycles. The summed E-state index contributed by atoms with van der Waals surface area (Å²) in [7, 11) is 4.48. The maximum atomic E-state index is 13.0. The quantitative estimate of drug-likeness (QED) is 0.332. The molecule has 0 unspecified atom stereocenters. The average Bonchev–Trinajstić information content (AvgIpc) is 3.17. The predicted molar refractivity (Wildman–Crippen MR) is 129 cm³/mol. The van der Waals surface area contributed by atoms with E-state index in [-0.39, 0.29) is 25.3 Å². The van der Waals surface area contributed by atoms with Crippen LogP contribution in [-0.2, 0) is 29.7 Å². The number of fused-ring (bicyclic) bond motifs is 1. The summed E-state index contributed by atoms with van der Waals surface area (Å²) in [4.78, 5) is 41.6. The molecule has 178 valence electrons. The van der Waals surface area contributed by atoms with Crippen molar-refractivity contribution >= 4 is 29.3 Å². The summed E-state index contributed by atoms with van der Waals surface area (Å²) in [5.41, 5.74) is 0.428. The first-order chi connectivity index (χ1) is 16.4. The minimum atomic E-state index is -0.505. The summed E-state index contributed by atoms with van der Waals surface area (Å²) in [5, 5.41) is 0. The van der Waals surface area contributed by atoms with E-state index in [1.165, 1.54) is 24.9 Å². The van der Waals surface area contributed by atoms with Gasteiger partial charge in [-0.2, -0.15) is 0 Å². The molecule has 0 spiro atoms. The second kappa shape index (κ2) is 10.5. The number of imidazole rings is 1. The molecule has 0 radical (unpaired) electrons. The van der Waals surface area contributed by atoms with Gasteiger partial charge in [0.15, 0.2) is 29.3 Å². The molecular weight excluding hydrogens is 440 g/mol. The second-order valence-corrected chi connectivity index (χ2v) is 7.20. The van der Waals surface area contributed by atoms with E-state index in [1.807, 2.05) is 0 Å². The first-order valence-corrected chi connectivity index (χ1v) is 10.3. The van der Waals surface area contributed by atoms with E-state index in [0.29, 0.717) is 22.8 Å². The molecule has 2 heterocycles. The summed E-state index contributed by atoms with van der Waals surface area (Å²) in [5.74, 6) is 0.799. The second-order valence-electron chi connectivity index (χ2n) is 7.20. The van der Waals surface area contributed by atoms with Crippen LogP contribution in [0, 0.1) is 0 Å². The Morgan fingerprint density at radius 3 is 2.41 bits per heavy atom. The van der Waals surface area contributed by atoms with Gasteiger partial charge >= 0.3 is 11.7 Å². The van der Waals surface area contributed by atoms with Gasteiger partial charge in [0.2, 0.25) is 0 Å². The van der Waals surface area contributed by atoms with Gasteiger partial charge in [0.25, 0.3) is 5.56 Å². The van der Waals surface area contributed by atoms with Crippen LogP contribution in [0.1, 0.15) is 11.4 Å². The van der Waals surface area contributed by atoms with Crippen molar-refractivity contribution in [1.29, 1.82) is 0 Å². The summed E-state index contributed by atoms with van der Waals surface area (Å²) >= 11 is 0. The molecule has 1 aromatic carbocycles. The number of ether oxygens (including phenoxy) is 3. The van der Waals surface area contributed by atoms with Gasteiger partial charge in [-0.3, -0.25) is 13.9 Å². The zero-order valence-electron chi connectivity index (χ0n) is 19.3. The minimum absolute atomic E-state index is 0.0886. The topological polar surface area (TPSA) is 107 Å². The van der Waals surface area contributed by atoms with Crippen molar-refractivity contribution in [3.05, 3.63) is 75.7 Å². The number of methoxy groups -OCH3 is 2. The molecule has 0 saturated carbocycles. The molecule has 0 aliphatic carbocycles. The van der Waals surface area contributed by atoms with E-state index in [2.05, 4.69) is 22.9 Å². The highest BCUT2D eigenvalue weighted by Crippen LogP contribution is 2.29. The van der Waals surface area contributed by atoms with Crippen LogP contribution >= 0.6 is 0 Å². The lowest BCUT2D eigenvalue weighted by atomic mass is 10.2. The Bertz CT molecular complexity index is 1390. The van der Waals surface area contributed by atoms with Crippen molar-refractivity contribution in [1.82, 2.24) is 18.7 Å². The van der Waals surface area contributed by atoms with E-state index in [1.54, 1.807) is 48.0 Å². The van der Waals surface area contributed by atoms with Gasteiger partial charge in [-0.05, 0) is 23.8 Å². The Balaban J connectivity index is 2.03. The summed E-state index contributed by atoms with van der Waals surface area (Å²) in [6.07, 6.45) is 6.58. The molecule has 0 aliphatic heterocycles. The summed E-state index contributed by atoms with van der Waals surface area (Å²) in [6.45, 7) is 7.38. The standard InChI is InChI=1S/C24H26N4O6/c1-6-12-27-22-21(23(30)28(13-7-2)24(27)31)26(3)19(25-22)11-9-16-8-10-17(18(14-16)32-4)34-15-20(29)33-5/h6-11,14H,1-2,12-13,15H2,3-5H3/b11-9+. The maximum absolute atomic E-state index is 13.0. The van der Waals surface area contributed by atoms with Crippen LogP contribution in [0.2, 0.25) is 0 Å². The summed E-state index contributed by atoms with van der Waals surface area (Å²) in [6, 6.07) is 5.18. The molecule has 0 aliphatic rings. The van der Waals surface area contributed by atoms with E-state index < -0.39 is 17.2 Å². The lowest BCUT2D eigenvalue weighted by molar-refractivity contribution is -0.142. The zero-order chi connectivity index (χ0) is 24.8. The van der Waals surface area contributed by atoms with Crippen LogP contribution in [0.25, 0.3) is 23.3 Å². The molecule has 0 amide bonds. The van der Waals surface area contributed by atoms with Crippen LogP contribution in [-0.4, -0.2) is 45.5 Å². The number of allylic oxidation sites excluding steroid dienone is 2. The molecular formula is C24H26N4O6. The maximum Gasteiger partial charge on any atom is 0.343 e. The van der Waals surface area contributed by atoms with Crippen LogP contribution in [0.4, 0.5) is 0 Å². The van der Waals surface area contributed by atoms with Gasteiger partial charge in [-0.1, -0.05) is 24.3 Å². The van der Waals surface area contributed by atoms with Crippen molar-refractivity contribution < 1.29 is 19.0 Å². The fourth-order valence-corrected chi connectivity index (χ4v) is 3.39. The van der Waals surface area contributed by atoms with Gasteiger partial charge in [-0.25, -0.2) is 14.6 Å². The lowest BCUT2D eigenvalue weighted by Crippen LogP contribution is -2.40. The average molecular weight is 466 g/mol. The Morgan fingerprint density at radius 2 is 1.76 bits per heavy atom. The molecule has 34 heavy (non-hydrogen) atoms. The van der Waals surface area contributed by atoms with Crippen LogP contribution in [0.3, 0.4) is 0 Å². The number of aromatic nitrogens is 4. The van der Waals surface area contributed by atoms with Crippen molar-refractivity contribution in [2.24, 2.45) is 7.05 Å². The molecule has 3 rings (SSSR count). The Morgan fingerprint density at radius 1 is 1.06 bits per heavy atom. The Hall–Kier alpha value is -4.34. The van der Waals surface area contributed by atoms with Crippen molar-refractivity contribution in [2.45, 2.75) is 13.1 Å². The molecule has 2 aromatic heterocycles. The van der Waals surface area contributed by atoms with Gasteiger partial charge in [0.05, 0.1) is 14.2 Å². The smallest absolute Gasteiger partial charge is 0.343 e. The van der Waals surface area contributed by atoms with Crippen molar-refractivity contribution in [3.8, 4) is 11.5 Å². The highest BCUT2D eigenvalue weighted by Gasteiger charge is 2.18. The highest BCUT2D eigenvalue weighted by molar-refractivity contribution is 5.77. The summed E-state index contributed by atoms with van der Waals surface area (Å²) < 4.78 is 19.5. The minimum Gasteiger partial charge on any atom is -0.493 e. The first kappa shape index (κ1) is 24.3. The number of nitrogens with zero attached hydrogens (tertiary/aromatic N) is 4. The van der Waals surface area contributed by atoms with Crippen molar-refractivity contribution in [2.75, 3.05) is 20.8 Å². The third-order valence-electron chi connectivity index (χ3n) is 5.09. The molecule has 0 fully saturated rings. The Kier molecular flexibility index (Phi) is 7.52. The number of rotatable bonds is 10. The Labute approximate surface area is 195 Å².